The van der Waals surface area contributed by atoms with Crippen LogP contribution in [0.1, 0.15) is 31.8 Å². The van der Waals surface area contributed by atoms with Gasteiger partial charge in [0.25, 0.3) is 5.91 Å². The van der Waals surface area contributed by atoms with Crippen LogP contribution in [0.2, 0.25) is 0 Å². The molecule has 1 unspecified atom stereocenters. The lowest BCUT2D eigenvalue weighted by atomic mass is 10.1. The van der Waals surface area contributed by atoms with Crippen LogP contribution >= 0.6 is 40.6 Å². The van der Waals surface area contributed by atoms with E-state index in [0.29, 0.717) is 44.3 Å². The van der Waals surface area contributed by atoms with Crippen molar-refractivity contribution in [3.63, 3.8) is 0 Å². The van der Waals surface area contributed by atoms with Gasteiger partial charge < -0.3 is 15.6 Å². The van der Waals surface area contributed by atoms with Gasteiger partial charge in [0, 0.05) is 23.8 Å². The van der Waals surface area contributed by atoms with Crippen molar-refractivity contribution in [2.75, 3.05) is 6.54 Å². The van der Waals surface area contributed by atoms with Crippen LogP contribution in [0.5, 0.6) is 11.5 Å². The molecule has 0 aliphatic rings. The molecule has 3 N–H and O–H groups in total. The fourth-order valence-electron chi connectivity index (χ4n) is 2.93. The monoisotopic (exact) mass is 562 g/mol. The molecule has 0 fully saturated rings. The van der Waals surface area contributed by atoms with E-state index < -0.39 is 0 Å². The number of nitrogens with one attached hydrogen (secondary N) is 1. The van der Waals surface area contributed by atoms with Gasteiger partial charge in [-0.1, -0.05) is 39.1 Å². The molecule has 0 radical (unpaired) electrons. The number of hydrogen-bond donors (Lipinski definition) is 2. The molecule has 1 amide bonds. The molecule has 0 aliphatic carbocycles. The maximum atomic E-state index is 12.5. The van der Waals surface area contributed by atoms with Gasteiger partial charge in [-0.2, -0.15) is 0 Å². The number of amides is 1. The van der Waals surface area contributed by atoms with E-state index in [1.165, 1.54) is 0 Å². The molecule has 3 rings (SSSR count). The van der Waals surface area contributed by atoms with Crippen LogP contribution in [0.15, 0.2) is 69.6 Å². The normalized spacial score (nSPS) is 10.9. The van der Waals surface area contributed by atoms with Crippen molar-refractivity contribution in [1.82, 2.24) is 5.32 Å². The first-order valence-electron chi connectivity index (χ1n) is 9.52. The van der Waals surface area contributed by atoms with E-state index in [4.69, 9.17) is 10.2 Å². The quantitative estimate of drug-likeness (QED) is 0.253. The van der Waals surface area contributed by atoms with Crippen molar-refractivity contribution in [2.24, 2.45) is 5.50 Å². The number of carbonyl (C=O) groups is 2. The molecule has 5 nitrogen and oxygen atoms in total. The smallest absolute Gasteiger partial charge is 0.251 e. The summed E-state index contributed by atoms with van der Waals surface area (Å²) in [4.78, 5) is 23.3. The summed E-state index contributed by atoms with van der Waals surface area (Å²) in [6.07, 6.45) is 2.29. The fourth-order valence-corrected chi connectivity index (χ4v) is 4.82. The number of carbonyl (C=O) groups excluding carboxylic acids is 2. The molecule has 31 heavy (non-hydrogen) atoms. The molecule has 0 aromatic heterocycles. The van der Waals surface area contributed by atoms with Gasteiger partial charge in [0.1, 0.15) is 12.0 Å². The van der Waals surface area contributed by atoms with Gasteiger partial charge in [-0.15, -0.1) is 0 Å². The summed E-state index contributed by atoms with van der Waals surface area (Å²) < 4.78 is 7.65. The molecule has 160 valence electrons. The second-order valence-electron chi connectivity index (χ2n) is 6.76. The molecule has 8 heteroatoms. The lowest BCUT2D eigenvalue weighted by Crippen LogP contribution is -2.25. The lowest BCUT2D eigenvalue weighted by molar-refractivity contribution is 0.0953. The molecule has 0 saturated heterocycles. The maximum absolute atomic E-state index is 12.5. The Morgan fingerprint density at radius 1 is 1.03 bits per heavy atom. The van der Waals surface area contributed by atoms with Crippen LogP contribution in [0, 0.1) is 0 Å². The number of aldehydes is 1. The van der Waals surface area contributed by atoms with Crippen molar-refractivity contribution in [3.8, 4) is 11.5 Å². The zero-order chi connectivity index (χ0) is 22.2. The van der Waals surface area contributed by atoms with Crippen molar-refractivity contribution < 1.29 is 14.3 Å². The largest absolute Gasteiger partial charge is 0.455 e. The molecule has 0 saturated carbocycles. The van der Waals surface area contributed by atoms with Gasteiger partial charge in [0.05, 0.1) is 8.95 Å². The number of nitrogens with two attached hydrogens (primary N) is 1. The van der Waals surface area contributed by atoms with Crippen LogP contribution in [-0.2, 0) is 12.6 Å². The Labute approximate surface area is 199 Å². The molecule has 3 aromatic rings. The Hall–Kier alpha value is -2.05. The first-order chi connectivity index (χ1) is 15.0. The number of benzene rings is 3. The summed E-state index contributed by atoms with van der Waals surface area (Å²) in [5.41, 5.74) is 8.98. The van der Waals surface area contributed by atoms with E-state index in [1.54, 1.807) is 36.4 Å². The molecule has 0 aliphatic heterocycles. The zero-order valence-electron chi connectivity index (χ0n) is 16.5. The average Bonchev–Trinajstić information content (AvgIpc) is 2.77. The standard InChI is InChI=1S/C23H21Br2N2O3P/c24-20-10-17(14-31-26)11-21(25)22(20)30-19-3-1-2-18(12-19)23(29)27-9-8-15-4-6-16(13-28)7-5-15/h1-7,10-13,31H,8-9,14,26H2,(H,27,29). The van der Waals surface area contributed by atoms with E-state index in [1.807, 2.05) is 24.3 Å². The number of halogens is 2. The molecular weight excluding hydrogens is 543 g/mol. The Balaban J connectivity index is 1.63. The van der Waals surface area contributed by atoms with Crippen molar-refractivity contribution in [3.05, 3.63) is 91.9 Å². The molecular formula is C23H21Br2N2O3P. The third-order valence-electron chi connectivity index (χ3n) is 4.50. The van der Waals surface area contributed by atoms with Crippen LogP contribution in [0.3, 0.4) is 0 Å². The summed E-state index contributed by atoms with van der Waals surface area (Å²) in [5.74, 6) is 1.03. The van der Waals surface area contributed by atoms with E-state index >= 15 is 0 Å². The minimum absolute atomic E-state index is 0.174. The second kappa shape index (κ2) is 11.5. The van der Waals surface area contributed by atoms with E-state index in [2.05, 4.69) is 37.2 Å². The molecule has 0 bridgehead atoms. The SMILES string of the molecule is NPCc1cc(Br)c(Oc2cccc(C(=O)NCCc3ccc(C=O)cc3)c2)c(Br)c1. The highest BCUT2D eigenvalue weighted by atomic mass is 79.9. The summed E-state index contributed by atoms with van der Waals surface area (Å²) in [5, 5.41) is 2.92. The van der Waals surface area contributed by atoms with Gasteiger partial charge in [-0.05, 0) is 79.7 Å². The van der Waals surface area contributed by atoms with Gasteiger partial charge in [-0.3, -0.25) is 9.59 Å². The summed E-state index contributed by atoms with van der Waals surface area (Å²) in [6, 6.07) is 18.3. The number of ether oxygens (including phenoxy) is 1. The second-order valence-corrected chi connectivity index (χ2v) is 9.24. The van der Waals surface area contributed by atoms with Gasteiger partial charge in [0.2, 0.25) is 0 Å². The molecule has 0 heterocycles. The Morgan fingerprint density at radius 3 is 2.39 bits per heavy atom. The van der Waals surface area contributed by atoms with E-state index in [9.17, 15) is 9.59 Å². The summed E-state index contributed by atoms with van der Waals surface area (Å²) in [7, 11) is 0.342. The Morgan fingerprint density at radius 2 is 1.74 bits per heavy atom. The molecule has 1 atom stereocenters. The topological polar surface area (TPSA) is 81.4 Å². The third-order valence-corrected chi connectivity index (χ3v) is 6.29. The minimum Gasteiger partial charge on any atom is -0.455 e. The van der Waals surface area contributed by atoms with E-state index in [-0.39, 0.29) is 5.91 Å². The average molecular weight is 564 g/mol. The zero-order valence-corrected chi connectivity index (χ0v) is 20.7. The van der Waals surface area contributed by atoms with Crippen LogP contribution in [0.25, 0.3) is 0 Å². The van der Waals surface area contributed by atoms with Crippen LogP contribution in [-0.4, -0.2) is 18.7 Å². The fraction of sp³-hybridized carbons (Fsp3) is 0.130. The number of rotatable bonds is 9. The number of hydrogen-bond acceptors (Lipinski definition) is 4. The summed E-state index contributed by atoms with van der Waals surface area (Å²) >= 11 is 7.09. The first-order valence-corrected chi connectivity index (χ1v) is 12.4. The lowest BCUT2D eigenvalue weighted by Gasteiger charge is -2.13. The Bertz CT molecular complexity index is 1050. The highest BCUT2D eigenvalue weighted by Gasteiger charge is 2.12. The predicted molar refractivity (Wildman–Crippen MR) is 132 cm³/mol. The van der Waals surface area contributed by atoms with E-state index in [0.717, 1.165) is 32.5 Å². The highest BCUT2D eigenvalue weighted by molar-refractivity contribution is 9.11. The van der Waals surface area contributed by atoms with Crippen LogP contribution < -0.4 is 15.6 Å². The molecule has 3 aromatic carbocycles. The van der Waals surface area contributed by atoms with Gasteiger partial charge in [-0.25, -0.2) is 0 Å². The van der Waals surface area contributed by atoms with Gasteiger partial charge in [0.15, 0.2) is 5.75 Å². The van der Waals surface area contributed by atoms with Crippen molar-refractivity contribution in [2.45, 2.75) is 12.6 Å². The van der Waals surface area contributed by atoms with Crippen molar-refractivity contribution >= 4 is 52.8 Å². The third kappa shape index (κ3) is 6.71. The van der Waals surface area contributed by atoms with Gasteiger partial charge >= 0.3 is 0 Å². The molecule has 0 spiro atoms. The van der Waals surface area contributed by atoms with Crippen LogP contribution in [0.4, 0.5) is 0 Å². The predicted octanol–water partition coefficient (Wildman–Crippen LogP) is 5.84. The highest BCUT2D eigenvalue weighted by Crippen LogP contribution is 2.38. The van der Waals surface area contributed by atoms with Crippen molar-refractivity contribution in [1.29, 1.82) is 0 Å². The first kappa shape index (κ1) is 23.6. The minimum atomic E-state index is -0.174. The maximum Gasteiger partial charge on any atom is 0.251 e. The Kier molecular flexibility index (Phi) is 8.79. The summed E-state index contributed by atoms with van der Waals surface area (Å²) in [6.45, 7) is 0.491.